The van der Waals surface area contributed by atoms with E-state index in [4.69, 9.17) is 4.42 Å². The van der Waals surface area contributed by atoms with E-state index in [1.54, 1.807) is 17.6 Å². The molecule has 0 radical (unpaired) electrons. The first-order chi connectivity index (χ1) is 7.20. The van der Waals surface area contributed by atoms with Crippen molar-refractivity contribution in [2.24, 2.45) is 0 Å². The number of nitrogens with one attached hydrogen (secondary N) is 1. The topological polar surface area (TPSA) is 51.0 Å². The second-order valence-electron chi connectivity index (χ2n) is 3.32. The van der Waals surface area contributed by atoms with Crippen molar-refractivity contribution in [2.75, 3.05) is 7.05 Å². The van der Waals surface area contributed by atoms with Gasteiger partial charge >= 0.3 is 0 Å². The molecule has 0 aliphatic heterocycles. The summed E-state index contributed by atoms with van der Waals surface area (Å²) in [6.07, 6.45) is 1.68. The van der Waals surface area contributed by atoms with Gasteiger partial charge in [-0.2, -0.15) is 0 Å². The molecule has 0 aliphatic carbocycles. The molecule has 0 spiro atoms. The molecule has 80 valence electrons. The van der Waals surface area contributed by atoms with Gasteiger partial charge in [0, 0.05) is 6.54 Å². The van der Waals surface area contributed by atoms with E-state index >= 15 is 0 Å². The van der Waals surface area contributed by atoms with Gasteiger partial charge < -0.3 is 9.73 Å². The Balaban J connectivity index is 2.32. The van der Waals surface area contributed by atoms with Gasteiger partial charge in [-0.05, 0) is 20.9 Å². The summed E-state index contributed by atoms with van der Waals surface area (Å²) < 4.78 is 5.42. The molecule has 0 aromatic carbocycles. The Bertz CT molecular complexity index is 461. The fourth-order valence-electron chi connectivity index (χ4n) is 1.40. The third-order valence-electron chi connectivity index (χ3n) is 2.01. The van der Waals surface area contributed by atoms with Crippen molar-refractivity contribution in [3.63, 3.8) is 0 Å². The second-order valence-corrected chi connectivity index (χ2v) is 4.52. The molecule has 0 saturated heterocycles. The molecule has 2 rings (SSSR count). The molecular formula is C10H13N3OS. The smallest absolute Gasteiger partial charge is 0.238 e. The number of rotatable bonds is 3. The summed E-state index contributed by atoms with van der Waals surface area (Å²) in [6, 6.07) is 0. The lowest BCUT2D eigenvalue weighted by molar-refractivity contribution is 0.572. The molecule has 15 heavy (non-hydrogen) atoms. The van der Waals surface area contributed by atoms with Gasteiger partial charge in [-0.25, -0.2) is 9.97 Å². The van der Waals surface area contributed by atoms with Crippen LogP contribution in [0, 0.1) is 13.8 Å². The molecule has 4 nitrogen and oxygen atoms in total. The van der Waals surface area contributed by atoms with Crippen LogP contribution in [0.25, 0.3) is 10.8 Å². The van der Waals surface area contributed by atoms with Crippen molar-refractivity contribution in [3.05, 3.63) is 22.7 Å². The van der Waals surface area contributed by atoms with Crippen LogP contribution in [0.15, 0.2) is 10.7 Å². The van der Waals surface area contributed by atoms with Crippen LogP contribution in [0.1, 0.15) is 16.4 Å². The number of thiazole rings is 1. The Kier molecular flexibility index (Phi) is 2.83. The van der Waals surface area contributed by atoms with Crippen LogP contribution in [0.2, 0.25) is 0 Å². The summed E-state index contributed by atoms with van der Waals surface area (Å²) in [7, 11) is 1.89. The molecule has 0 saturated carbocycles. The van der Waals surface area contributed by atoms with Gasteiger partial charge in [-0.3, -0.25) is 0 Å². The highest BCUT2D eigenvalue weighted by atomic mass is 32.1. The average Bonchev–Trinajstić information content (AvgIpc) is 2.73. The molecule has 0 atom stereocenters. The van der Waals surface area contributed by atoms with E-state index in [9.17, 15) is 0 Å². The predicted octanol–water partition coefficient (Wildman–Crippen LogP) is 2.13. The fourth-order valence-corrected chi connectivity index (χ4v) is 2.26. The second kappa shape index (κ2) is 4.12. The van der Waals surface area contributed by atoms with Crippen molar-refractivity contribution >= 4 is 11.3 Å². The highest BCUT2D eigenvalue weighted by Gasteiger charge is 2.12. The van der Waals surface area contributed by atoms with Gasteiger partial charge in [0.15, 0.2) is 0 Å². The van der Waals surface area contributed by atoms with Crippen molar-refractivity contribution in [2.45, 2.75) is 20.4 Å². The Morgan fingerprint density at radius 1 is 1.40 bits per heavy atom. The van der Waals surface area contributed by atoms with E-state index < -0.39 is 0 Å². The van der Waals surface area contributed by atoms with E-state index in [-0.39, 0.29) is 0 Å². The maximum atomic E-state index is 5.42. The zero-order chi connectivity index (χ0) is 10.8. The third-order valence-corrected chi connectivity index (χ3v) is 3.07. The van der Waals surface area contributed by atoms with E-state index in [1.165, 1.54) is 0 Å². The van der Waals surface area contributed by atoms with Crippen LogP contribution >= 0.6 is 11.3 Å². The summed E-state index contributed by atoms with van der Waals surface area (Å²) in [5.74, 6) is 0.670. The van der Waals surface area contributed by atoms with Crippen molar-refractivity contribution in [1.29, 1.82) is 0 Å². The summed E-state index contributed by atoms with van der Waals surface area (Å²) in [6.45, 7) is 4.68. The largest absolute Gasteiger partial charge is 0.443 e. The lowest BCUT2D eigenvalue weighted by atomic mass is 10.4. The first kappa shape index (κ1) is 10.3. The van der Waals surface area contributed by atoms with E-state index in [0.29, 0.717) is 5.89 Å². The van der Waals surface area contributed by atoms with Crippen LogP contribution < -0.4 is 5.32 Å². The molecule has 1 N–H and O–H groups in total. The van der Waals surface area contributed by atoms with Crippen LogP contribution in [0.5, 0.6) is 0 Å². The molecule has 0 unspecified atom stereocenters. The minimum Gasteiger partial charge on any atom is -0.443 e. The van der Waals surface area contributed by atoms with Gasteiger partial charge in [0.1, 0.15) is 11.1 Å². The van der Waals surface area contributed by atoms with Gasteiger partial charge in [0.25, 0.3) is 0 Å². The van der Waals surface area contributed by atoms with Crippen LogP contribution in [0.4, 0.5) is 0 Å². The van der Waals surface area contributed by atoms with Gasteiger partial charge in [0.05, 0.1) is 16.4 Å². The normalized spacial score (nSPS) is 10.9. The van der Waals surface area contributed by atoms with Gasteiger partial charge in [-0.1, -0.05) is 0 Å². The van der Waals surface area contributed by atoms with Crippen LogP contribution in [-0.2, 0) is 6.54 Å². The van der Waals surface area contributed by atoms with Crippen molar-refractivity contribution in [3.8, 4) is 10.8 Å². The standard InChI is InChI=1S/C10H13N3OS/c1-6-9(15-7(2)12-6)10-13-8(4-11-3)5-14-10/h5,11H,4H2,1-3H3. The number of aromatic nitrogens is 2. The Labute approximate surface area is 92.4 Å². The van der Waals surface area contributed by atoms with Gasteiger partial charge in [-0.15, -0.1) is 11.3 Å². The summed E-state index contributed by atoms with van der Waals surface area (Å²) in [5.41, 5.74) is 1.90. The number of nitrogens with zero attached hydrogens (tertiary/aromatic N) is 2. The lowest BCUT2D eigenvalue weighted by Crippen LogP contribution is -2.04. The monoisotopic (exact) mass is 223 g/mol. The average molecular weight is 223 g/mol. The maximum absolute atomic E-state index is 5.42. The Hall–Kier alpha value is -1.20. The van der Waals surface area contributed by atoms with Crippen molar-refractivity contribution < 1.29 is 4.42 Å². The fraction of sp³-hybridized carbons (Fsp3) is 0.400. The van der Waals surface area contributed by atoms with Gasteiger partial charge in [0.2, 0.25) is 5.89 Å². The molecule has 2 aromatic heterocycles. The summed E-state index contributed by atoms with van der Waals surface area (Å²) in [4.78, 5) is 9.75. The quantitative estimate of drug-likeness (QED) is 0.866. The summed E-state index contributed by atoms with van der Waals surface area (Å²) >= 11 is 1.61. The predicted molar refractivity (Wildman–Crippen MR) is 59.8 cm³/mol. The van der Waals surface area contributed by atoms with Crippen molar-refractivity contribution in [1.82, 2.24) is 15.3 Å². The van der Waals surface area contributed by atoms with E-state index in [1.807, 2.05) is 20.9 Å². The van der Waals surface area contributed by atoms with E-state index in [2.05, 4.69) is 15.3 Å². The first-order valence-electron chi connectivity index (χ1n) is 4.74. The number of aryl methyl sites for hydroxylation is 2. The zero-order valence-corrected chi connectivity index (χ0v) is 9.81. The van der Waals surface area contributed by atoms with Crippen LogP contribution in [0.3, 0.4) is 0 Å². The van der Waals surface area contributed by atoms with Crippen LogP contribution in [-0.4, -0.2) is 17.0 Å². The Morgan fingerprint density at radius 3 is 2.80 bits per heavy atom. The molecule has 0 fully saturated rings. The zero-order valence-electron chi connectivity index (χ0n) is 9.00. The molecule has 2 aromatic rings. The first-order valence-corrected chi connectivity index (χ1v) is 5.55. The molecular weight excluding hydrogens is 210 g/mol. The SMILES string of the molecule is CNCc1coc(-c2sc(C)nc2C)n1. The minimum absolute atomic E-state index is 0.670. The molecule has 2 heterocycles. The number of oxazole rings is 1. The highest BCUT2D eigenvalue weighted by Crippen LogP contribution is 2.28. The Morgan fingerprint density at radius 2 is 2.20 bits per heavy atom. The molecule has 0 bridgehead atoms. The third kappa shape index (κ3) is 2.08. The number of hydrogen-bond acceptors (Lipinski definition) is 5. The minimum atomic E-state index is 0.670. The maximum Gasteiger partial charge on any atom is 0.238 e. The highest BCUT2D eigenvalue weighted by molar-refractivity contribution is 7.15. The summed E-state index contributed by atoms with van der Waals surface area (Å²) in [5, 5.41) is 4.07. The molecule has 5 heteroatoms. The number of hydrogen-bond donors (Lipinski definition) is 1. The molecule has 0 amide bonds. The molecule has 0 aliphatic rings. The lowest BCUT2D eigenvalue weighted by Gasteiger charge is -1.90. The van der Waals surface area contributed by atoms with E-state index in [0.717, 1.165) is 27.8 Å².